The van der Waals surface area contributed by atoms with Crippen molar-refractivity contribution in [1.29, 1.82) is 0 Å². The number of aromatic nitrogens is 1. The summed E-state index contributed by atoms with van der Waals surface area (Å²) in [5.41, 5.74) is 7.60. The number of hydrogen-bond donors (Lipinski definition) is 1. The molecule has 0 bridgehead atoms. The molecule has 4 heteroatoms. The molecule has 0 aliphatic carbocycles. The predicted molar refractivity (Wildman–Crippen MR) is 75.9 cm³/mol. The second kappa shape index (κ2) is 5.98. The lowest BCUT2D eigenvalue weighted by Crippen LogP contribution is -2.02. The number of nitrogens with zero attached hydrogens (tertiary/aromatic N) is 1. The van der Waals surface area contributed by atoms with Crippen LogP contribution in [0.25, 0.3) is 0 Å². The Balaban J connectivity index is 2.22. The van der Waals surface area contributed by atoms with Gasteiger partial charge in [-0.2, -0.15) is 0 Å². The monoisotopic (exact) mass is 306 g/mol. The number of aryl methyl sites for hydroxylation is 1. The van der Waals surface area contributed by atoms with Gasteiger partial charge in [-0.1, -0.05) is 6.07 Å². The molecule has 0 spiro atoms. The van der Waals surface area contributed by atoms with Crippen molar-refractivity contribution in [3.8, 4) is 11.5 Å². The SMILES string of the molecule is Cc1ncccc1Oc1ccc(CCN)cc1Br. The molecule has 2 N–H and O–H groups in total. The van der Waals surface area contributed by atoms with E-state index >= 15 is 0 Å². The molecule has 0 fully saturated rings. The van der Waals surface area contributed by atoms with Gasteiger partial charge in [0.25, 0.3) is 0 Å². The highest BCUT2D eigenvalue weighted by atomic mass is 79.9. The van der Waals surface area contributed by atoms with Crippen LogP contribution in [0, 0.1) is 6.92 Å². The van der Waals surface area contributed by atoms with E-state index in [1.54, 1.807) is 6.20 Å². The number of ether oxygens (including phenoxy) is 1. The molecule has 0 saturated carbocycles. The van der Waals surface area contributed by atoms with Gasteiger partial charge < -0.3 is 10.5 Å². The van der Waals surface area contributed by atoms with Crippen molar-refractivity contribution in [3.05, 3.63) is 52.3 Å². The van der Waals surface area contributed by atoms with E-state index in [0.29, 0.717) is 6.54 Å². The van der Waals surface area contributed by atoms with E-state index in [0.717, 1.165) is 28.1 Å². The van der Waals surface area contributed by atoms with Gasteiger partial charge in [-0.25, -0.2) is 0 Å². The Hall–Kier alpha value is -1.39. The number of rotatable bonds is 4. The highest BCUT2D eigenvalue weighted by Crippen LogP contribution is 2.31. The number of benzene rings is 1. The fraction of sp³-hybridized carbons (Fsp3) is 0.214. The second-order valence-electron chi connectivity index (χ2n) is 3.99. The first-order valence-electron chi connectivity index (χ1n) is 5.78. The summed E-state index contributed by atoms with van der Waals surface area (Å²) in [4.78, 5) is 4.20. The Morgan fingerprint density at radius 2 is 2.11 bits per heavy atom. The zero-order valence-corrected chi connectivity index (χ0v) is 11.8. The van der Waals surface area contributed by atoms with Crippen LogP contribution in [0.3, 0.4) is 0 Å². The summed E-state index contributed by atoms with van der Waals surface area (Å²) in [7, 11) is 0. The normalized spacial score (nSPS) is 10.4. The van der Waals surface area contributed by atoms with E-state index in [2.05, 4.69) is 20.9 Å². The Labute approximate surface area is 115 Å². The summed E-state index contributed by atoms with van der Waals surface area (Å²) in [5.74, 6) is 1.55. The molecule has 1 heterocycles. The summed E-state index contributed by atoms with van der Waals surface area (Å²) in [6, 6.07) is 9.77. The second-order valence-corrected chi connectivity index (χ2v) is 4.85. The molecule has 3 nitrogen and oxygen atoms in total. The Kier molecular flexibility index (Phi) is 4.33. The van der Waals surface area contributed by atoms with Gasteiger partial charge >= 0.3 is 0 Å². The topological polar surface area (TPSA) is 48.1 Å². The molecular formula is C14H15BrN2O. The lowest BCUT2D eigenvalue weighted by Gasteiger charge is -2.10. The summed E-state index contributed by atoms with van der Waals surface area (Å²) in [5, 5.41) is 0. The zero-order chi connectivity index (χ0) is 13.0. The van der Waals surface area contributed by atoms with E-state index in [9.17, 15) is 0 Å². The first-order chi connectivity index (χ1) is 8.70. The molecule has 2 rings (SSSR count). The maximum atomic E-state index is 5.83. The third kappa shape index (κ3) is 3.09. The first kappa shape index (κ1) is 13.1. The van der Waals surface area contributed by atoms with Gasteiger partial charge in [0, 0.05) is 6.20 Å². The van der Waals surface area contributed by atoms with Crippen LogP contribution >= 0.6 is 15.9 Å². The fourth-order valence-corrected chi connectivity index (χ4v) is 2.15. The van der Waals surface area contributed by atoms with Gasteiger partial charge in [-0.05, 0) is 65.6 Å². The summed E-state index contributed by atoms with van der Waals surface area (Å²) in [6.45, 7) is 2.57. The number of hydrogen-bond acceptors (Lipinski definition) is 3. The van der Waals surface area contributed by atoms with Crippen molar-refractivity contribution in [1.82, 2.24) is 4.98 Å². The summed E-state index contributed by atoms with van der Waals surface area (Å²) in [6.07, 6.45) is 2.62. The molecule has 0 saturated heterocycles. The van der Waals surface area contributed by atoms with Crippen LogP contribution < -0.4 is 10.5 Å². The molecule has 94 valence electrons. The molecular weight excluding hydrogens is 292 g/mol. The van der Waals surface area contributed by atoms with Crippen molar-refractivity contribution in [2.75, 3.05) is 6.54 Å². The van der Waals surface area contributed by atoms with Crippen molar-refractivity contribution < 1.29 is 4.74 Å². The molecule has 0 amide bonds. The Morgan fingerprint density at radius 1 is 1.28 bits per heavy atom. The van der Waals surface area contributed by atoms with E-state index in [1.807, 2.05) is 37.3 Å². The van der Waals surface area contributed by atoms with Crippen molar-refractivity contribution in [2.24, 2.45) is 5.73 Å². The molecule has 0 unspecified atom stereocenters. The molecule has 0 aliphatic heterocycles. The zero-order valence-electron chi connectivity index (χ0n) is 10.2. The number of pyridine rings is 1. The first-order valence-corrected chi connectivity index (χ1v) is 6.58. The third-order valence-corrected chi connectivity index (χ3v) is 3.23. The molecule has 0 radical (unpaired) electrons. The Morgan fingerprint density at radius 3 is 2.78 bits per heavy atom. The number of nitrogens with two attached hydrogens (primary N) is 1. The van der Waals surface area contributed by atoms with Gasteiger partial charge in [0.05, 0.1) is 10.2 Å². The average Bonchev–Trinajstić information content (AvgIpc) is 2.35. The summed E-state index contributed by atoms with van der Waals surface area (Å²) < 4.78 is 6.76. The molecule has 18 heavy (non-hydrogen) atoms. The van der Waals surface area contributed by atoms with Crippen molar-refractivity contribution in [3.63, 3.8) is 0 Å². The molecule has 2 aromatic rings. The van der Waals surface area contributed by atoms with E-state index in [-0.39, 0.29) is 0 Å². The van der Waals surface area contributed by atoms with Crippen LogP contribution in [0.2, 0.25) is 0 Å². The summed E-state index contributed by atoms with van der Waals surface area (Å²) >= 11 is 3.51. The molecule has 1 aromatic heterocycles. The highest BCUT2D eigenvalue weighted by molar-refractivity contribution is 9.10. The van der Waals surface area contributed by atoms with Crippen LogP contribution in [-0.4, -0.2) is 11.5 Å². The smallest absolute Gasteiger partial charge is 0.148 e. The Bertz CT molecular complexity index is 543. The van der Waals surface area contributed by atoms with Crippen LogP contribution in [-0.2, 0) is 6.42 Å². The van der Waals surface area contributed by atoms with E-state index in [4.69, 9.17) is 10.5 Å². The largest absolute Gasteiger partial charge is 0.454 e. The van der Waals surface area contributed by atoms with Crippen LogP contribution in [0.15, 0.2) is 41.0 Å². The third-order valence-electron chi connectivity index (χ3n) is 2.61. The van der Waals surface area contributed by atoms with Gasteiger partial charge in [0.15, 0.2) is 0 Å². The minimum absolute atomic E-state index is 0.647. The standard InChI is InChI=1S/C14H15BrN2O/c1-10-13(3-2-8-17-10)18-14-5-4-11(6-7-16)9-12(14)15/h2-5,8-9H,6-7,16H2,1H3. The minimum Gasteiger partial charge on any atom is -0.454 e. The van der Waals surface area contributed by atoms with Gasteiger partial charge in [-0.15, -0.1) is 0 Å². The minimum atomic E-state index is 0.647. The quantitative estimate of drug-likeness (QED) is 0.941. The molecule has 0 aliphatic rings. The van der Waals surface area contributed by atoms with Gasteiger partial charge in [0.2, 0.25) is 0 Å². The number of halogens is 1. The molecule has 1 aromatic carbocycles. The van der Waals surface area contributed by atoms with E-state index in [1.165, 1.54) is 5.56 Å². The van der Waals surface area contributed by atoms with Crippen LogP contribution in [0.5, 0.6) is 11.5 Å². The van der Waals surface area contributed by atoms with Gasteiger partial charge in [0.1, 0.15) is 11.5 Å². The van der Waals surface area contributed by atoms with Crippen molar-refractivity contribution >= 4 is 15.9 Å². The van der Waals surface area contributed by atoms with Gasteiger partial charge in [-0.3, -0.25) is 4.98 Å². The molecule has 0 atom stereocenters. The van der Waals surface area contributed by atoms with E-state index < -0.39 is 0 Å². The lowest BCUT2D eigenvalue weighted by atomic mass is 10.1. The maximum Gasteiger partial charge on any atom is 0.148 e. The van der Waals surface area contributed by atoms with Crippen LogP contribution in [0.4, 0.5) is 0 Å². The van der Waals surface area contributed by atoms with Crippen molar-refractivity contribution in [2.45, 2.75) is 13.3 Å². The lowest BCUT2D eigenvalue weighted by molar-refractivity contribution is 0.472. The predicted octanol–water partition coefficient (Wildman–Crippen LogP) is 3.45. The van der Waals surface area contributed by atoms with Crippen LogP contribution in [0.1, 0.15) is 11.3 Å². The average molecular weight is 307 g/mol. The maximum absolute atomic E-state index is 5.83. The fourth-order valence-electron chi connectivity index (χ4n) is 1.65. The highest BCUT2D eigenvalue weighted by Gasteiger charge is 2.06.